The van der Waals surface area contributed by atoms with E-state index >= 15 is 0 Å². The third-order valence-corrected chi connectivity index (χ3v) is 7.77. The van der Waals surface area contributed by atoms with E-state index in [1.54, 1.807) is 23.5 Å². The molecular formula is C21H23BrCl2N4OS. The summed E-state index contributed by atoms with van der Waals surface area (Å²) in [6.07, 6.45) is 4.20. The molecule has 5 nitrogen and oxygen atoms in total. The predicted octanol–water partition coefficient (Wildman–Crippen LogP) is 6.28. The Labute approximate surface area is 199 Å². The number of carbonyl (C=O) groups excluding carboxylic acids is 1. The van der Waals surface area contributed by atoms with Crippen molar-refractivity contribution in [2.75, 3.05) is 18.1 Å². The number of benzene rings is 1. The van der Waals surface area contributed by atoms with Crippen molar-refractivity contribution in [3.63, 3.8) is 0 Å². The third kappa shape index (κ3) is 4.55. The van der Waals surface area contributed by atoms with Crippen LogP contribution in [0.4, 0.5) is 5.69 Å². The zero-order valence-corrected chi connectivity index (χ0v) is 20.5. The van der Waals surface area contributed by atoms with Crippen LogP contribution < -0.4 is 10.4 Å². The fourth-order valence-electron chi connectivity index (χ4n) is 4.09. The van der Waals surface area contributed by atoms with Crippen molar-refractivity contribution in [1.82, 2.24) is 10.4 Å². The molecule has 2 aliphatic rings. The first kappa shape index (κ1) is 22.1. The summed E-state index contributed by atoms with van der Waals surface area (Å²) in [7, 11) is 0. The van der Waals surface area contributed by atoms with Crippen molar-refractivity contribution in [2.45, 2.75) is 38.6 Å². The zero-order valence-electron chi connectivity index (χ0n) is 16.6. The number of nitrogens with zero attached hydrogens (tertiary/aromatic N) is 3. The summed E-state index contributed by atoms with van der Waals surface area (Å²) < 4.78 is 1.04. The van der Waals surface area contributed by atoms with Gasteiger partial charge in [-0.15, -0.1) is 11.3 Å². The van der Waals surface area contributed by atoms with Gasteiger partial charge in [-0.2, -0.15) is 5.10 Å². The van der Waals surface area contributed by atoms with Gasteiger partial charge in [0.25, 0.3) is 5.91 Å². The Morgan fingerprint density at radius 1 is 1.23 bits per heavy atom. The second-order valence-electron chi connectivity index (χ2n) is 7.52. The molecule has 0 spiro atoms. The van der Waals surface area contributed by atoms with Crippen LogP contribution in [0.5, 0.6) is 0 Å². The van der Waals surface area contributed by atoms with Gasteiger partial charge in [-0.25, -0.2) is 5.01 Å². The third-order valence-electron chi connectivity index (χ3n) is 5.54. The van der Waals surface area contributed by atoms with Crippen LogP contribution in [-0.4, -0.2) is 29.7 Å². The molecule has 0 unspecified atom stereocenters. The first-order chi connectivity index (χ1) is 14.5. The highest BCUT2D eigenvalue weighted by atomic mass is 79.9. The number of hydrogen-bond donors (Lipinski definition) is 1. The Morgan fingerprint density at radius 3 is 2.63 bits per heavy atom. The highest BCUT2D eigenvalue weighted by Gasteiger charge is 2.42. The van der Waals surface area contributed by atoms with Gasteiger partial charge in [-0.3, -0.25) is 15.2 Å². The standard InChI is InChI=1S/C21H23BrCl2N4OS/c1-2-14-19(21(29)26-27-10-4-3-5-11-27)25-28(16-7-6-13(23)12-15(16)24)20(14)17-8-9-18(22)30-17/h6-9,12,14,20H,2-5,10-11H2,1H3,(H,26,29)/t14-,20-/m0/s1. The molecular weight excluding hydrogens is 507 g/mol. The van der Waals surface area contributed by atoms with Crippen LogP contribution in [0.15, 0.2) is 39.2 Å². The first-order valence-electron chi connectivity index (χ1n) is 10.1. The molecule has 0 radical (unpaired) electrons. The fraction of sp³-hybridized carbons (Fsp3) is 0.429. The van der Waals surface area contributed by atoms with E-state index in [0.717, 1.165) is 46.7 Å². The second-order valence-corrected chi connectivity index (χ2v) is 10.9. The number of nitrogens with one attached hydrogen (secondary N) is 1. The molecule has 1 saturated heterocycles. The first-order valence-corrected chi connectivity index (χ1v) is 12.5. The van der Waals surface area contributed by atoms with Crippen molar-refractivity contribution in [2.24, 2.45) is 11.0 Å². The molecule has 2 atom stereocenters. The molecule has 0 bridgehead atoms. The van der Waals surface area contributed by atoms with Gasteiger partial charge in [0.2, 0.25) is 0 Å². The number of thiophene rings is 1. The van der Waals surface area contributed by atoms with E-state index in [1.165, 1.54) is 6.42 Å². The van der Waals surface area contributed by atoms with E-state index in [0.29, 0.717) is 15.8 Å². The molecule has 4 rings (SSSR count). The molecule has 1 fully saturated rings. The molecule has 1 aromatic heterocycles. The minimum Gasteiger partial charge on any atom is -0.284 e. The molecule has 1 amide bonds. The Bertz CT molecular complexity index is 960. The van der Waals surface area contributed by atoms with Crippen molar-refractivity contribution >= 4 is 67.8 Å². The molecule has 160 valence electrons. The van der Waals surface area contributed by atoms with Crippen molar-refractivity contribution in [3.05, 3.63) is 49.0 Å². The summed E-state index contributed by atoms with van der Waals surface area (Å²) in [5.74, 6) is -0.177. The Hall–Kier alpha value is -1.12. The Balaban J connectivity index is 1.70. The van der Waals surface area contributed by atoms with E-state index in [2.05, 4.69) is 34.3 Å². The van der Waals surface area contributed by atoms with Gasteiger partial charge in [-0.05, 0) is 65.5 Å². The van der Waals surface area contributed by atoms with Crippen molar-refractivity contribution < 1.29 is 4.79 Å². The summed E-state index contributed by atoms with van der Waals surface area (Å²) in [5, 5.41) is 9.78. The summed E-state index contributed by atoms with van der Waals surface area (Å²) in [6.45, 7) is 3.85. The maximum absolute atomic E-state index is 13.2. The number of anilines is 1. The number of amides is 1. The molecule has 1 aromatic carbocycles. The summed E-state index contributed by atoms with van der Waals surface area (Å²) in [4.78, 5) is 14.3. The average Bonchev–Trinajstić information content (AvgIpc) is 3.32. The number of piperidine rings is 1. The van der Waals surface area contributed by atoms with E-state index in [9.17, 15) is 4.79 Å². The van der Waals surface area contributed by atoms with Gasteiger partial charge in [0.05, 0.1) is 20.5 Å². The number of rotatable bonds is 5. The van der Waals surface area contributed by atoms with Crippen LogP contribution in [-0.2, 0) is 4.79 Å². The lowest BCUT2D eigenvalue weighted by Gasteiger charge is -2.28. The van der Waals surface area contributed by atoms with Gasteiger partial charge < -0.3 is 0 Å². The topological polar surface area (TPSA) is 47.9 Å². The summed E-state index contributed by atoms with van der Waals surface area (Å²) in [5.41, 5.74) is 4.37. The van der Waals surface area contributed by atoms with Gasteiger partial charge >= 0.3 is 0 Å². The van der Waals surface area contributed by atoms with Gasteiger partial charge in [0.1, 0.15) is 5.71 Å². The quantitative estimate of drug-likeness (QED) is 0.496. The maximum atomic E-state index is 13.2. The van der Waals surface area contributed by atoms with E-state index in [4.69, 9.17) is 28.3 Å². The van der Waals surface area contributed by atoms with E-state index in [1.807, 2.05) is 22.2 Å². The molecule has 9 heteroatoms. The van der Waals surface area contributed by atoms with Crippen LogP contribution in [0.3, 0.4) is 0 Å². The van der Waals surface area contributed by atoms with E-state index < -0.39 is 0 Å². The molecule has 0 aliphatic carbocycles. The number of hydrazine groups is 1. The van der Waals surface area contributed by atoms with Crippen LogP contribution in [0.2, 0.25) is 10.0 Å². The van der Waals surface area contributed by atoms with Crippen molar-refractivity contribution in [1.29, 1.82) is 0 Å². The van der Waals surface area contributed by atoms with Crippen LogP contribution in [0.25, 0.3) is 0 Å². The largest absolute Gasteiger partial charge is 0.284 e. The normalized spacial score (nSPS) is 22.3. The SMILES string of the molecule is CC[C@H]1C(C(=O)NN2CCCCC2)=NN(c2ccc(Cl)cc2Cl)[C@@H]1c1ccc(Br)s1. The molecule has 3 heterocycles. The maximum Gasteiger partial charge on any atom is 0.282 e. The lowest BCUT2D eigenvalue weighted by Crippen LogP contribution is -2.48. The lowest BCUT2D eigenvalue weighted by molar-refractivity contribution is -0.120. The Kier molecular flexibility index (Phi) is 7.05. The number of halogens is 3. The molecule has 2 aromatic rings. The van der Waals surface area contributed by atoms with Gasteiger partial charge in [0, 0.05) is 28.9 Å². The summed E-state index contributed by atoms with van der Waals surface area (Å²) in [6, 6.07) is 9.38. The monoisotopic (exact) mass is 528 g/mol. The van der Waals surface area contributed by atoms with Gasteiger partial charge in [0.15, 0.2) is 0 Å². The van der Waals surface area contributed by atoms with Crippen LogP contribution in [0, 0.1) is 5.92 Å². The molecule has 30 heavy (non-hydrogen) atoms. The fourth-order valence-corrected chi connectivity index (χ4v) is 6.16. The smallest absolute Gasteiger partial charge is 0.282 e. The lowest BCUT2D eigenvalue weighted by atomic mass is 9.91. The Morgan fingerprint density at radius 2 is 2.00 bits per heavy atom. The zero-order chi connectivity index (χ0) is 21.3. The number of hydrogen-bond acceptors (Lipinski definition) is 5. The van der Waals surface area contributed by atoms with Crippen LogP contribution >= 0.6 is 50.5 Å². The van der Waals surface area contributed by atoms with Crippen LogP contribution in [0.1, 0.15) is 43.5 Å². The minimum atomic E-state index is -0.128. The highest BCUT2D eigenvalue weighted by Crippen LogP contribution is 2.46. The highest BCUT2D eigenvalue weighted by molar-refractivity contribution is 9.11. The van der Waals surface area contributed by atoms with Crippen molar-refractivity contribution in [3.8, 4) is 0 Å². The van der Waals surface area contributed by atoms with Gasteiger partial charge in [-0.1, -0.05) is 36.5 Å². The number of hydrazone groups is 1. The van der Waals surface area contributed by atoms with E-state index in [-0.39, 0.29) is 17.9 Å². The number of carbonyl (C=O) groups is 1. The minimum absolute atomic E-state index is 0.0490. The molecule has 0 saturated carbocycles. The second kappa shape index (κ2) is 9.57. The predicted molar refractivity (Wildman–Crippen MR) is 128 cm³/mol. The molecule has 2 aliphatic heterocycles. The summed E-state index contributed by atoms with van der Waals surface area (Å²) >= 11 is 17.9. The average molecular weight is 530 g/mol. The molecule has 1 N–H and O–H groups in total.